The highest BCUT2D eigenvalue weighted by atomic mass is 79.9. The largest absolute Gasteiger partial charge is 0.288 e. The minimum absolute atomic E-state index is 0.00263. The molecule has 19 heavy (non-hydrogen) atoms. The van der Waals surface area contributed by atoms with Crippen molar-refractivity contribution >= 4 is 27.5 Å². The van der Waals surface area contributed by atoms with E-state index in [4.69, 9.17) is 0 Å². The predicted octanol–water partition coefficient (Wildman–Crippen LogP) is 3.37. The van der Waals surface area contributed by atoms with Crippen LogP contribution in [0.25, 0.3) is 0 Å². The Morgan fingerprint density at radius 2 is 1.89 bits per heavy atom. The molecule has 0 atom stereocenters. The molecule has 0 aromatic heterocycles. The summed E-state index contributed by atoms with van der Waals surface area (Å²) in [4.78, 5) is 12.0. The van der Waals surface area contributed by atoms with Crippen LogP contribution in [0.5, 0.6) is 0 Å². The molecule has 1 amide bonds. The second-order valence-electron chi connectivity index (χ2n) is 3.96. The van der Waals surface area contributed by atoms with Gasteiger partial charge in [0, 0.05) is 11.5 Å². The molecule has 3 nitrogen and oxygen atoms in total. The van der Waals surface area contributed by atoms with E-state index < -0.39 is 11.7 Å². The first-order valence-corrected chi connectivity index (χ1v) is 6.42. The number of nitrogens with zero attached hydrogens (tertiary/aromatic N) is 1. The van der Waals surface area contributed by atoms with Gasteiger partial charge in [0.05, 0.1) is 11.3 Å². The Morgan fingerprint density at radius 3 is 2.58 bits per heavy atom. The lowest BCUT2D eigenvalue weighted by Crippen LogP contribution is -2.39. The molecule has 0 spiro atoms. The smallest absolute Gasteiger partial charge is 0.272 e. The molecule has 2 aromatic carbocycles. The maximum absolute atomic E-state index is 13.6. The van der Waals surface area contributed by atoms with Crippen molar-refractivity contribution in [3.8, 4) is 0 Å². The van der Waals surface area contributed by atoms with Gasteiger partial charge in [-0.15, -0.1) is 0 Å². The third-order valence-corrected chi connectivity index (χ3v) is 3.08. The van der Waals surface area contributed by atoms with E-state index in [2.05, 4.69) is 21.4 Å². The molecule has 0 saturated heterocycles. The standard InChI is InChI=1S/C14H12BrFN2O/c1-18(11-5-3-2-4-6-11)17-14(19)12-9-10(15)7-8-13(12)16/h2-9H,1H3,(H,17,19). The number of carbonyl (C=O) groups is 1. The number of para-hydroxylation sites is 1. The van der Waals surface area contributed by atoms with Gasteiger partial charge in [-0.05, 0) is 30.3 Å². The lowest BCUT2D eigenvalue weighted by molar-refractivity contribution is 0.0947. The number of nitrogens with one attached hydrogen (secondary N) is 1. The van der Waals surface area contributed by atoms with Gasteiger partial charge in [0.25, 0.3) is 5.91 Å². The summed E-state index contributed by atoms with van der Waals surface area (Å²) in [5, 5.41) is 1.54. The van der Waals surface area contributed by atoms with Crippen molar-refractivity contribution in [1.29, 1.82) is 0 Å². The molecule has 0 heterocycles. The normalized spacial score (nSPS) is 10.1. The Labute approximate surface area is 119 Å². The summed E-state index contributed by atoms with van der Waals surface area (Å²) in [6.45, 7) is 0. The number of benzene rings is 2. The van der Waals surface area contributed by atoms with Crippen LogP contribution in [0.15, 0.2) is 53.0 Å². The maximum Gasteiger partial charge on any atom is 0.272 e. The highest BCUT2D eigenvalue weighted by Crippen LogP contribution is 2.16. The van der Waals surface area contributed by atoms with Gasteiger partial charge in [-0.2, -0.15) is 0 Å². The zero-order valence-electron chi connectivity index (χ0n) is 10.2. The van der Waals surface area contributed by atoms with Gasteiger partial charge in [-0.25, -0.2) is 4.39 Å². The Balaban J connectivity index is 2.15. The van der Waals surface area contributed by atoms with E-state index in [9.17, 15) is 9.18 Å². The molecule has 1 N–H and O–H groups in total. The molecule has 0 saturated carbocycles. The van der Waals surface area contributed by atoms with Crippen molar-refractivity contribution < 1.29 is 9.18 Å². The quantitative estimate of drug-likeness (QED) is 0.879. The lowest BCUT2D eigenvalue weighted by Gasteiger charge is -2.20. The van der Waals surface area contributed by atoms with Crippen LogP contribution in [0, 0.1) is 5.82 Å². The van der Waals surface area contributed by atoms with Gasteiger partial charge < -0.3 is 0 Å². The van der Waals surface area contributed by atoms with Gasteiger partial charge >= 0.3 is 0 Å². The van der Waals surface area contributed by atoms with Crippen LogP contribution in [0.4, 0.5) is 10.1 Å². The topological polar surface area (TPSA) is 32.3 Å². The highest BCUT2D eigenvalue weighted by Gasteiger charge is 2.13. The molecule has 0 aliphatic heterocycles. The summed E-state index contributed by atoms with van der Waals surface area (Å²) in [5.41, 5.74) is 3.42. The zero-order valence-corrected chi connectivity index (χ0v) is 11.8. The average Bonchev–Trinajstić information content (AvgIpc) is 2.42. The van der Waals surface area contributed by atoms with Crippen molar-refractivity contribution in [2.24, 2.45) is 0 Å². The van der Waals surface area contributed by atoms with Crippen LogP contribution < -0.4 is 10.4 Å². The maximum atomic E-state index is 13.6. The van der Waals surface area contributed by atoms with Crippen molar-refractivity contribution in [3.05, 3.63) is 64.4 Å². The van der Waals surface area contributed by atoms with Crippen LogP contribution in [0.3, 0.4) is 0 Å². The van der Waals surface area contributed by atoms with E-state index in [0.717, 1.165) is 5.69 Å². The monoisotopic (exact) mass is 322 g/mol. The van der Waals surface area contributed by atoms with Gasteiger partial charge in [-0.3, -0.25) is 15.2 Å². The number of halogens is 2. The third kappa shape index (κ3) is 3.32. The number of rotatable bonds is 3. The van der Waals surface area contributed by atoms with Crippen LogP contribution >= 0.6 is 15.9 Å². The molecule has 0 unspecified atom stereocenters. The summed E-state index contributed by atoms with van der Waals surface area (Å²) in [5.74, 6) is -1.05. The summed E-state index contributed by atoms with van der Waals surface area (Å²) < 4.78 is 14.2. The summed E-state index contributed by atoms with van der Waals surface area (Å²) in [6.07, 6.45) is 0. The third-order valence-electron chi connectivity index (χ3n) is 2.59. The van der Waals surface area contributed by atoms with E-state index in [0.29, 0.717) is 4.47 Å². The summed E-state index contributed by atoms with van der Waals surface area (Å²) >= 11 is 3.22. The lowest BCUT2D eigenvalue weighted by atomic mass is 10.2. The number of amides is 1. The van der Waals surface area contributed by atoms with Crippen LogP contribution in [0.1, 0.15) is 10.4 Å². The van der Waals surface area contributed by atoms with E-state index in [-0.39, 0.29) is 5.56 Å². The van der Waals surface area contributed by atoms with Crippen molar-refractivity contribution in [2.75, 3.05) is 12.1 Å². The molecular formula is C14H12BrFN2O. The molecule has 0 bridgehead atoms. The van der Waals surface area contributed by atoms with Crippen molar-refractivity contribution in [2.45, 2.75) is 0 Å². The average molecular weight is 323 g/mol. The van der Waals surface area contributed by atoms with E-state index in [1.807, 2.05) is 30.3 Å². The second-order valence-corrected chi connectivity index (χ2v) is 4.88. The molecule has 5 heteroatoms. The van der Waals surface area contributed by atoms with Gasteiger partial charge in [0.15, 0.2) is 0 Å². The van der Waals surface area contributed by atoms with Crippen LogP contribution in [-0.2, 0) is 0 Å². The molecule has 0 aliphatic carbocycles. The SMILES string of the molecule is CN(NC(=O)c1cc(Br)ccc1F)c1ccccc1. The van der Waals surface area contributed by atoms with Crippen molar-refractivity contribution in [1.82, 2.24) is 5.43 Å². The molecular weight excluding hydrogens is 311 g/mol. The fraction of sp³-hybridized carbons (Fsp3) is 0.0714. The Morgan fingerprint density at radius 1 is 1.21 bits per heavy atom. The summed E-state index contributed by atoms with van der Waals surface area (Å²) in [7, 11) is 1.70. The van der Waals surface area contributed by atoms with Crippen LogP contribution in [-0.4, -0.2) is 13.0 Å². The molecule has 0 radical (unpaired) electrons. The van der Waals surface area contributed by atoms with Crippen LogP contribution in [0.2, 0.25) is 0 Å². The van der Waals surface area contributed by atoms with E-state index >= 15 is 0 Å². The number of hydrogen-bond acceptors (Lipinski definition) is 2. The van der Waals surface area contributed by atoms with Crippen molar-refractivity contribution in [3.63, 3.8) is 0 Å². The Hall–Kier alpha value is -1.88. The Bertz CT molecular complexity index is 589. The second kappa shape index (κ2) is 5.84. The summed E-state index contributed by atoms with van der Waals surface area (Å²) in [6, 6.07) is 13.5. The molecule has 98 valence electrons. The fourth-order valence-electron chi connectivity index (χ4n) is 1.60. The molecule has 2 rings (SSSR count). The zero-order chi connectivity index (χ0) is 13.8. The molecule has 0 aliphatic rings. The fourth-order valence-corrected chi connectivity index (χ4v) is 1.96. The first-order valence-electron chi connectivity index (χ1n) is 5.63. The highest BCUT2D eigenvalue weighted by molar-refractivity contribution is 9.10. The number of carbonyl (C=O) groups excluding carboxylic acids is 1. The van der Waals surface area contributed by atoms with E-state index in [1.54, 1.807) is 18.1 Å². The predicted molar refractivity (Wildman–Crippen MR) is 76.4 cm³/mol. The van der Waals surface area contributed by atoms with Gasteiger partial charge in [-0.1, -0.05) is 34.1 Å². The number of hydrazine groups is 1. The first kappa shape index (κ1) is 13.5. The van der Waals surface area contributed by atoms with Gasteiger partial charge in [0.1, 0.15) is 5.82 Å². The minimum Gasteiger partial charge on any atom is -0.288 e. The van der Waals surface area contributed by atoms with Gasteiger partial charge in [0.2, 0.25) is 0 Å². The Kier molecular flexibility index (Phi) is 4.16. The molecule has 0 fully saturated rings. The van der Waals surface area contributed by atoms with E-state index in [1.165, 1.54) is 12.1 Å². The number of anilines is 1. The minimum atomic E-state index is -0.554. The molecule has 2 aromatic rings. The first-order chi connectivity index (χ1) is 9.08. The number of hydrogen-bond donors (Lipinski definition) is 1.